The van der Waals surface area contributed by atoms with Crippen molar-refractivity contribution in [2.75, 3.05) is 33.3 Å². The molecule has 2 heterocycles. The number of methoxy groups -OCH3 is 1. The highest BCUT2D eigenvalue weighted by Crippen LogP contribution is 2.34. The zero-order valence-corrected chi connectivity index (χ0v) is 13.2. The van der Waals surface area contributed by atoms with E-state index in [4.69, 9.17) is 9.15 Å². The third kappa shape index (κ3) is 3.27. The largest absolute Gasteiger partial charge is 0.494 e. The lowest BCUT2D eigenvalue weighted by Gasteiger charge is -2.34. The predicted octanol–water partition coefficient (Wildman–Crippen LogP) is 2.84. The second-order valence-electron chi connectivity index (χ2n) is 5.07. The summed E-state index contributed by atoms with van der Waals surface area (Å²) in [6, 6.07) is 8.75. The van der Waals surface area contributed by atoms with E-state index in [9.17, 15) is 4.39 Å². The van der Waals surface area contributed by atoms with Gasteiger partial charge in [-0.05, 0) is 18.2 Å². The van der Waals surface area contributed by atoms with Crippen LogP contribution in [0.2, 0.25) is 0 Å². The van der Waals surface area contributed by atoms with Gasteiger partial charge in [0.1, 0.15) is 5.76 Å². The zero-order chi connectivity index (χ0) is 14.7. The number of nitrogens with zero attached hydrogens (tertiary/aromatic N) is 1. The molecule has 0 bridgehead atoms. The average Bonchev–Trinajstić information content (AvgIpc) is 3.04. The number of hydrogen-bond donors (Lipinski definition) is 1. The fourth-order valence-corrected chi connectivity index (χ4v) is 2.81. The van der Waals surface area contributed by atoms with Crippen LogP contribution in [0.15, 0.2) is 41.0 Å². The molecule has 1 aromatic carbocycles. The Morgan fingerprint density at radius 1 is 1.23 bits per heavy atom. The molecule has 0 radical (unpaired) electrons. The molecule has 6 heteroatoms. The lowest BCUT2D eigenvalue weighted by atomic mass is 10.0. The number of ether oxygens (including phenoxy) is 1. The second-order valence-corrected chi connectivity index (χ2v) is 5.07. The first kappa shape index (κ1) is 16.8. The van der Waals surface area contributed by atoms with Crippen molar-refractivity contribution in [2.24, 2.45) is 0 Å². The molecule has 1 aromatic heterocycles. The number of halogens is 2. The van der Waals surface area contributed by atoms with Crippen LogP contribution in [0, 0.1) is 5.82 Å². The molecule has 1 fully saturated rings. The van der Waals surface area contributed by atoms with Gasteiger partial charge in [0.25, 0.3) is 0 Å². The predicted molar refractivity (Wildman–Crippen MR) is 85.2 cm³/mol. The molecule has 4 nitrogen and oxygen atoms in total. The van der Waals surface area contributed by atoms with Crippen LogP contribution in [-0.2, 0) is 0 Å². The maximum absolute atomic E-state index is 14.7. The molecule has 1 atom stereocenters. The summed E-state index contributed by atoms with van der Waals surface area (Å²) in [4.78, 5) is 2.23. The molecule has 1 aliphatic rings. The Morgan fingerprint density at radius 2 is 2.00 bits per heavy atom. The zero-order valence-electron chi connectivity index (χ0n) is 12.4. The second kappa shape index (κ2) is 7.63. The van der Waals surface area contributed by atoms with E-state index in [1.807, 2.05) is 18.2 Å². The summed E-state index contributed by atoms with van der Waals surface area (Å²) in [5, 5.41) is 3.31. The number of furan rings is 1. The van der Waals surface area contributed by atoms with Crippen molar-refractivity contribution in [2.45, 2.75) is 6.04 Å². The quantitative estimate of drug-likeness (QED) is 0.937. The highest BCUT2D eigenvalue weighted by atomic mass is 35.5. The van der Waals surface area contributed by atoms with Gasteiger partial charge in [0, 0.05) is 31.7 Å². The standard InChI is InChI=1S/C16H19FN2O2.ClH/c1-20-13-5-2-4-12(15(13)17)16(14-6-3-11-21-14)19-9-7-18-8-10-19;/h2-6,11,16,18H,7-10H2,1H3;1H/t16-;/m0./s1. The van der Waals surface area contributed by atoms with Gasteiger partial charge in [-0.1, -0.05) is 12.1 Å². The van der Waals surface area contributed by atoms with Gasteiger partial charge < -0.3 is 14.5 Å². The molecule has 3 rings (SSSR count). The Bertz CT molecular complexity index is 586. The van der Waals surface area contributed by atoms with Crippen LogP contribution in [-0.4, -0.2) is 38.2 Å². The van der Waals surface area contributed by atoms with Gasteiger partial charge in [-0.15, -0.1) is 12.4 Å². The summed E-state index contributed by atoms with van der Waals surface area (Å²) < 4.78 is 25.3. The molecule has 120 valence electrons. The Kier molecular flexibility index (Phi) is 5.83. The van der Waals surface area contributed by atoms with Gasteiger partial charge in [-0.2, -0.15) is 0 Å². The van der Waals surface area contributed by atoms with Crippen molar-refractivity contribution in [3.05, 3.63) is 53.7 Å². The molecule has 1 N–H and O–H groups in total. The van der Waals surface area contributed by atoms with Gasteiger partial charge in [0.05, 0.1) is 19.4 Å². The number of benzene rings is 1. The van der Waals surface area contributed by atoms with Crippen LogP contribution < -0.4 is 10.1 Å². The smallest absolute Gasteiger partial charge is 0.170 e. The van der Waals surface area contributed by atoms with Gasteiger partial charge >= 0.3 is 0 Å². The Morgan fingerprint density at radius 3 is 2.64 bits per heavy atom. The molecule has 0 unspecified atom stereocenters. The van der Waals surface area contributed by atoms with E-state index in [2.05, 4.69) is 10.2 Å². The molecule has 0 amide bonds. The first-order valence-electron chi connectivity index (χ1n) is 7.12. The van der Waals surface area contributed by atoms with E-state index < -0.39 is 0 Å². The minimum Gasteiger partial charge on any atom is -0.494 e. The topological polar surface area (TPSA) is 37.6 Å². The SMILES string of the molecule is COc1cccc([C@@H](c2ccco2)N2CCNCC2)c1F.Cl. The fourth-order valence-electron chi connectivity index (χ4n) is 2.81. The van der Waals surface area contributed by atoms with Crippen LogP contribution in [0.25, 0.3) is 0 Å². The number of nitrogens with one attached hydrogen (secondary N) is 1. The summed E-state index contributed by atoms with van der Waals surface area (Å²) in [7, 11) is 1.48. The van der Waals surface area contributed by atoms with E-state index in [0.29, 0.717) is 5.56 Å². The lowest BCUT2D eigenvalue weighted by Crippen LogP contribution is -2.45. The minimum absolute atomic E-state index is 0. The molecular weight excluding hydrogens is 307 g/mol. The van der Waals surface area contributed by atoms with Crippen molar-refractivity contribution in [3.63, 3.8) is 0 Å². The van der Waals surface area contributed by atoms with Gasteiger partial charge in [-0.25, -0.2) is 4.39 Å². The first-order chi connectivity index (χ1) is 10.3. The van der Waals surface area contributed by atoms with E-state index >= 15 is 0 Å². The van der Waals surface area contributed by atoms with E-state index in [0.717, 1.165) is 31.9 Å². The molecule has 2 aromatic rings. The fraction of sp³-hybridized carbons (Fsp3) is 0.375. The molecule has 0 saturated carbocycles. The third-order valence-corrected chi connectivity index (χ3v) is 3.84. The monoisotopic (exact) mass is 326 g/mol. The van der Waals surface area contributed by atoms with E-state index in [1.54, 1.807) is 18.4 Å². The first-order valence-corrected chi connectivity index (χ1v) is 7.12. The highest BCUT2D eigenvalue weighted by Gasteiger charge is 2.29. The molecular formula is C16H20ClFN2O2. The highest BCUT2D eigenvalue weighted by molar-refractivity contribution is 5.85. The maximum atomic E-state index is 14.7. The maximum Gasteiger partial charge on any atom is 0.170 e. The summed E-state index contributed by atoms with van der Waals surface area (Å²) in [5.41, 5.74) is 0.589. The van der Waals surface area contributed by atoms with Crippen molar-refractivity contribution < 1.29 is 13.5 Å². The van der Waals surface area contributed by atoms with Crippen LogP contribution in [0.1, 0.15) is 17.4 Å². The van der Waals surface area contributed by atoms with Gasteiger partial charge in [0.2, 0.25) is 0 Å². The summed E-state index contributed by atoms with van der Waals surface area (Å²) in [5.74, 6) is 0.697. The third-order valence-electron chi connectivity index (χ3n) is 3.84. The van der Waals surface area contributed by atoms with Crippen LogP contribution in [0.5, 0.6) is 5.75 Å². The Balaban J connectivity index is 0.00000176. The lowest BCUT2D eigenvalue weighted by molar-refractivity contribution is 0.176. The normalized spacial score (nSPS) is 16.8. The van der Waals surface area contributed by atoms with Crippen molar-refractivity contribution >= 4 is 12.4 Å². The minimum atomic E-state index is -0.320. The Labute approximate surface area is 135 Å². The van der Waals surface area contributed by atoms with E-state index in [1.165, 1.54) is 7.11 Å². The van der Waals surface area contributed by atoms with Crippen molar-refractivity contribution in [1.82, 2.24) is 10.2 Å². The van der Waals surface area contributed by atoms with Gasteiger partial charge in [0.15, 0.2) is 11.6 Å². The molecule has 0 aliphatic carbocycles. The molecule has 22 heavy (non-hydrogen) atoms. The number of hydrogen-bond acceptors (Lipinski definition) is 4. The van der Waals surface area contributed by atoms with Crippen molar-refractivity contribution in [3.8, 4) is 5.75 Å². The van der Waals surface area contributed by atoms with Crippen LogP contribution >= 0.6 is 12.4 Å². The number of piperazine rings is 1. The van der Waals surface area contributed by atoms with Gasteiger partial charge in [-0.3, -0.25) is 4.90 Å². The average molecular weight is 327 g/mol. The summed E-state index contributed by atoms with van der Waals surface area (Å²) >= 11 is 0. The van der Waals surface area contributed by atoms with Crippen LogP contribution in [0.4, 0.5) is 4.39 Å². The van der Waals surface area contributed by atoms with E-state index in [-0.39, 0.29) is 30.0 Å². The Hall–Kier alpha value is -1.56. The summed E-state index contributed by atoms with van der Waals surface area (Å²) in [6.07, 6.45) is 1.63. The summed E-state index contributed by atoms with van der Waals surface area (Å²) in [6.45, 7) is 3.48. The molecule has 1 saturated heterocycles. The molecule has 1 aliphatic heterocycles. The van der Waals surface area contributed by atoms with Crippen molar-refractivity contribution in [1.29, 1.82) is 0 Å². The van der Waals surface area contributed by atoms with Crippen LogP contribution in [0.3, 0.4) is 0 Å². The molecule has 0 spiro atoms. The number of rotatable bonds is 4.